The predicted octanol–water partition coefficient (Wildman–Crippen LogP) is -3.62. The summed E-state index contributed by atoms with van der Waals surface area (Å²) in [7, 11) is 4.86. The first kappa shape index (κ1) is 23.6. The number of quaternary nitrogens is 2. The molecular weight excluding hydrogens is 510 g/mol. The van der Waals surface area contributed by atoms with E-state index in [0.717, 1.165) is 12.1 Å². The van der Waals surface area contributed by atoms with Crippen LogP contribution in [0.3, 0.4) is 0 Å². The fourth-order valence-corrected chi connectivity index (χ4v) is 3.72. The van der Waals surface area contributed by atoms with E-state index in [-0.39, 0.29) is 48.0 Å². The fraction of sp³-hybridized carbons (Fsp3) is 0.684. The minimum absolute atomic E-state index is 0. The van der Waals surface area contributed by atoms with Crippen LogP contribution in [0.5, 0.6) is 0 Å². The van der Waals surface area contributed by atoms with Gasteiger partial charge in [0.15, 0.2) is 0 Å². The molecule has 0 aromatic heterocycles. The second-order valence-corrected chi connectivity index (χ2v) is 7.27. The van der Waals surface area contributed by atoms with E-state index < -0.39 is 0 Å². The van der Waals surface area contributed by atoms with Gasteiger partial charge in [-0.1, -0.05) is 38.1 Å². The van der Waals surface area contributed by atoms with E-state index in [1.165, 1.54) is 49.7 Å². The fourth-order valence-electron chi connectivity index (χ4n) is 3.72. The number of benzene rings is 1. The molecule has 1 atom stereocenters. The maximum absolute atomic E-state index is 2.57. The number of hydrogen-bond acceptors (Lipinski definition) is 0. The Bertz CT molecular complexity index is 445. The summed E-state index contributed by atoms with van der Waals surface area (Å²) in [4.78, 5) is 0. The largest absolute Gasteiger partial charge is 1.00 e. The number of fused-ring (bicyclic) bond motifs is 1. The van der Waals surface area contributed by atoms with Gasteiger partial charge < -0.3 is 57.8 Å². The number of hydrogen-bond donors (Lipinski definition) is 1. The van der Waals surface area contributed by atoms with E-state index >= 15 is 0 Å². The van der Waals surface area contributed by atoms with Gasteiger partial charge in [0.25, 0.3) is 0 Å². The zero-order chi connectivity index (χ0) is 15.3. The van der Waals surface area contributed by atoms with Crippen LogP contribution in [0.25, 0.3) is 0 Å². The van der Waals surface area contributed by atoms with Crippen molar-refractivity contribution in [3.8, 4) is 0 Å². The van der Waals surface area contributed by atoms with E-state index in [1.807, 2.05) is 0 Å². The summed E-state index contributed by atoms with van der Waals surface area (Å²) in [5.41, 5.74) is 3.17. The normalized spacial score (nSPS) is 17.2. The van der Waals surface area contributed by atoms with Crippen LogP contribution in [0.4, 0.5) is 0 Å². The highest BCUT2D eigenvalue weighted by molar-refractivity contribution is 5.29. The molecule has 0 spiro atoms. The lowest BCUT2D eigenvalue weighted by molar-refractivity contribution is -0.927. The highest BCUT2D eigenvalue weighted by Crippen LogP contribution is 2.26. The Morgan fingerprint density at radius 1 is 1.09 bits per heavy atom. The van der Waals surface area contributed by atoms with Gasteiger partial charge in [-0.3, -0.25) is 0 Å². The summed E-state index contributed by atoms with van der Waals surface area (Å²) in [6.07, 6.45) is 6.45. The number of nitrogens with two attached hydrogens (primary N) is 1. The van der Waals surface area contributed by atoms with Crippen molar-refractivity contribution in [2.45, 2.75) is 58.0 Å². The molecule has 0 fully saturated rings. The van der Waals surface area contributed by atoms with Crippen molar-refractivity contribution in [2.24, 2.45) is 0 Å². The number of aryl methyl sites for hydroxylation is 1. The van der Waals surface area contributed by atoms with Crippen molar-refractivity contribution < 1.29 is 57.8 Å². The maximum Gasteiger partial charge on any atom is 0.128 e. The minimum atomic E-state index is 0. The van der Waals surface area contributed by atoms with Crippen LogP contribution in [0.15, 0.2) is 24.3 Å². The number of halogens is 2. The van der Waals surface area contributed by atoms with E-state index in [0.29, 0.717) is 0 Å². The molecule has 2 rings (SSSR count). The summed E-state index contributed by atoms with van der Waals surface area (Å²) < 4.78 is 1.17. The van der Waals surface area contributed by atoms with E-state index in [9.17, 15) is 0 Å². The second-order valence-electron chi connectivity index (χ2n) is 7.27. The minimum Gasteiger partial charge on any atom is -1.00 e. The number of nitrogens with zero attached hydrogens (tertiary/aromatic N) is 1. The van der Waals surface area contributed by atoms with Gasteiger partial charge in [-0.2, -0.15) is 0 Å². The molecule has 134 valence electrons. The highest BCUT2D eigenvalue weighted by Gasteiger charge is 2.32. The zero-order valence-electron chi connectivity index (χ0n) is 15.2. The average Bonchev–Trinajstić information content (AvgIpc) is 2.51. The van der Waals surface area contributed by atoms with Gasteiger partial charge in [-0.25, -0.2) is 0 Å². The Morgan fingerprint density at radius 3 is 2.30 bits per heavy atom. The van der Waals surface area contributed by atoms with E-state index in [4.69, 9.17) is 0 Å². The summed E-state index contributed by atoms with van der Waals surface area (Å²) in [5.74, 6) is 0. The molecule has 0 radical (unpaired) electrons. The van der Waals surface area contributed by atoms with Crippen molar-refractivity contribution in [3.05, 3.63) is 35.4 Å². The molecule has 0 saturated heterocycles. The molecular formula is C19H34I2N2. The molecule has 1 aliphatic carbocycles. The lowest BCUT2D eigenvalue weighted by Crippen LogP contribution is -3.00. The standard InChI is InChI=1S/C19H33N2.2HI/c1-5-18(6-2)20-13-14-21(3,4)19-12-11-16-9-7-8-10-17(16)15-19;;/h7-10,18-20H,5-6,11-15H2,1-4H3;2*1H/q+1;;/p-1. The van der Waals surface area contributed by atoms with Crippen molar-refractivity contribution >= 4 is 0 Å². The number of rotatable bonds is 7. The first-order valence-electron chi connectivity index (χ1n) is 8.79. The first-order valence-corrected chi connectivity index (χ1v) is 8.79. The van der Waals surface area contributed by atoms with Crippen molar-refractivity contribution in [2.75, 3.05) is 27.2 Å². The van der Waals surface area contributed by atoms with Crippen LogP contribution < -0.4 is 53.3 Å². The molecule has 2 N–H and O–H groups in total. The Kier molecular flexibility index (Phi) is 11.6. The van der Waals surface area contributed by atoms with Crippen LogP contribution >= 0.6 is 0 Å². The third kappa shape index (κ3) is 6.78. The van der Waals surface area contributed by atoms with Gasteiger partial charge in [-0.05, 0) is 30.4 Å². The van der Waals surface area contributed by atoms with Crippen LogP contribution in [-0.4, -0.2) is 43.8 Å². The van der Waals surface area contributed by atoms with Crippen LogP contribution in [0.2, 0.25) is 0 Å². The van der Waals surface area contributed by atoms with Crippen LogP contribution in [-0.2, 0) is 12.8 Å². The van der Waals surface area contributed by atoms with Gasteiger partial charge in [0, 0.05) is 12.8 Å². The Labute approximate surface area is 177 Å². The number of likely N-dealkylation sites (N-methyl/N-ethyl adjacent to an activating group) is 1. The molecule has 1 unspecified atom stereocenters. The first-order chi connectivity index (χ1) is 10.1. The van der Waals surface area contributed by atoms with Gasteiger partial charge in [-0.15, -0.1) is 0 Å². The van der Waals surface area contributed by atoms with Crippen molar-refractivity contribution in [1.29, 1.82) is 0 Å². The third-order valence-electron chi connectivity index (χ3n) is 5.56. The van der Waals surface area contributed by atoms with Crippen LogP contribution in [0, 0.1) is 0 Å². The summed E-state index contributed by atoms with van der Waals surface area (Å²) >= 11 is 0. The Morgan fingerprint density at radius 2 is 1.70 bits per heavy atom. The van der Waals surface area contributed by atoms with Crippen molar-refractivity contribution in [3.63, 3.8) is 0 Å². The lowest BCUT2D eigenvalue weighted by Gasteiger charge is -2.40. The molecule has 0 saturated carbocycles. The molecule has 0 bridgehead atoms. The molecule has 1 aromatic carbocycles. The van der Waals surface area contributed by atoms with Gasteiger partial charge in [0.2, 0.25) is 0 Å². The highest BCUT2D eigenvalue weighted by atomic mass is 127. The third-order valence-corrected chi connectivity index (χ3v) is 5.56. The van der Waals surface area contributed by atoms with Gasteiger partial charge in [0.05, 0.1) is 26.2 Å². The van der Waals surface area contributed by atoms with E-state index in [1.54, 1.807) is 11.1 Å². The second kappa shape index (κ2) is 11.3. The van der Waals surface area contributed by atoms with Gasteiger partial charge in [0.1, 0.15) is 13.1 Å². The quantitative estimate of drug-likeness (QED) is 0.270. The molecule has 2 nitrogen and oxygen atoms in total. The SMILES string of the molecule is CCC(CC)[NH2+]CC[N+](C)(C)C1CCc2ccccc2C1.[I-].[I-]. The Balaban J connectivity index is 0.00000242. The van der Waals surface area contributed by atoms with Crippen LogP contribution in [0.1, 0.15) is 44.2 Å². The Hall–Kier alpha value is 0.600. The molecule has 4 heteroatoms. The topological polar surface area (TPSA) is 16.6 Å². The van der Waals surface area contributed by atoms with Gasteiger partial charge >= 0.3 is 0 Å². The summed E-state index contributed by atoms with van der Waals surface area (Å²) in [6, 6.07) is 10.6. The lowest BCUT2D eigenvalue weighted by atomic mass is 9.87. The predicted molar refractivity (Wildman–Crippen MR) is 90.4 cm³/mol. The molecule has 0 heterocycles. The monoisotopic (exact) mass is 544 g/mol. The van der Waals surface area contributed by atoms with E-state index in [2.05, 4.69) is 57.5 Å². The smallest absolute Gasteiger partial charge is 0.128 e. The average molecular weight is 544 g/mol. The maximum atomic E-state index is 2.57. The molecule has 1 aromatic rings. The zero-order valence-corrected chi connectivity index (χ0v) is 19.5. The molecule has 0 amide bonds. The molecule has 1 aliphatic rings. The summed E-state index contributed by atoms with van der Waals surface area (Å²) in [5, 5.41) is 2.57. The van der Waals surface area contributed by atoms with Crippen molar-refractivity contribution in [1.82, 2.24) is 0 Å². The molecule has 0 aliphatic heterocycles. The summed E-state index contributed by atoms with van der Waals surface area (Å²) in [6.45, 7) is 7.16. The molecule has 23 heavy (non-hydrogen) atoms.